The molecule has 0 saturated heterocycles. The summed E-state index contributed by atoms with van der Waals surface area (Å²) in [6, 6.07) is 10.2. The molecule has 0 fully saturated rings. The molecule has 1 aromatic heterocycles. The summed E-state index contributed by atoms with van der Waals surface area (Å²) < 4.78 is 5.61. The van der Waals surface area contributed by atoms with Crippen LogP contribution >= 0.6 is 0 Å². The Kier molecular flexibility index (Phi) is 4.93. The van der Waals surface area contributed by atoms with Crippen LogP contribution in [0.3, 0.4) is 0 Å². The van der Waals surface area contributed by atoms with Crippen LogP contribution in [0.5, 0.6) is 5.75 Å². The Morgan fingerprint density at radius 1 is 1.11 bits per heavy atom. The topological polar surface area (TPSA) is 34.1 Å². The molecule has 3 heteroatoms. The zero-order valence-corrected chi connectivity index (χ0v) is 11.5. The maximum atomic E-state index is 5.61. The van der Waals surface area contributed by atoms with Gasteiger partial charge in [0.2, 0.25) is 0 Å². The van der Waals surface area contributed by atoms with Gasteiger partial charge in [-0.2, -0.15) is 0 Å². The zero-order valence-electron chi connectivity index (χ0n) is 11.5. The van der Waals surface area contributed by atoms with Gasteiger partial charge in [0.05, 0.1) is 6.61 Å². The molecule has 19 heavy (non-hydrogen) atoms. The first kappa shape index (κ1) is 13.6. The number of ether oxygens (including phenoxy) is 1. The van der Waals surface area contributed by atoms with Crippen molar-refractivity contribution in [3.8, 4) is 5.75 Å². The Morgan fingerprint density at radius 2 is 1.89 bits per heavy atom. The molecule has 0 atom stereocenters. The van der Waals surface area contributed by atoms with E-state index in [1.54, 1.807) is 0 Å². The van der Waals surface area contributed by atoms with E-state index in [1.807, 2.05) is 37.5 Å². The van der Waals surface area contributed by atoms with Crippen LogP contribution in [0.4, 0.5) is 0 Å². The van der Waals surface area contributed by atoms with E-state index < -0.39 is 0 Å². The van der Waals surface area contributed by atoms with Gasteiger partial charge in [0, 0.05) is 31.0 Å². The number of para-hydroxylation sites is 1. The maximum Gasteiger partial charge on any atom is 0.123 e. The average molecular weight is 256 g/mol. The Balaban J connectivity index is 1.94. The fourth-order valence-corrected chi connectivity index (χ4v) is 1.98. The highest BCUT2D eigenvalue weighted by atomic mass is 16.5. The summed E-state index contributed by atoms with van der Waals surface area (Å²) >= 11 is 0. The van der Waals surface area contributed by atoms with Gasteiger partial charge < -0.3 is 10.1 Å². The predicted molar refractivity (Wildman–Crippen MR) is 77.1 cm³/mol. The van der Waals surface area contributed by atoms with Crippen molar-refractivity contribution < 1.29 is 4.74 Å². The Hall–Kier alpha value is -1.87. The molecule has 0 amide bonds. The smallest absolute Gasteiger partial charge is 0.123 e. The number of nitrogens with one attached hydrogen (secondary N) is 1. The number of aryl methyl sites for hydroxylation is 1. The average Bonchev–Trinajstić information content (AvgIpc) is 2.43. The summed E-state index contributed by atoms with van der Waals surface area (Å²) in [6.45, 7) is 6.43. The van der Waals surface area contributed by atoms with E-state index in [-0.39, 0.29) is 0 Å². The SMILES string of the molecule is CCOc1ccccc1CNCc1ccncc1C. The molecule has 1 heterocycles. The summed E-state index contributed by atoms with van der Waals surface area (Å²) in [6.07, 6.45) is 3.73. The molecule has 2 aromatic rings. The highest BCUT2D eigenvalue weighted by Crippen LogP contribution is 2.17. The van der Waals surface area contributed by atoms with E-state index in [4.69, 9.17) is 4.74 Å². The Labute approximate surface area is 114 Å². The van der Waals surface area contributed by atoms with Gasteiger partial charge in [0.1, 0.15) is 5.75 Å². The van der Waals surface area contributed by atoms with Gasteiger partial charge in [0.25, 0.3) is 0 Å². The van der Waals surface area contributed by atoms with Crippen LogP contribution in [0.1, 0.15) is 23.6 Å². The van der Waals surface area contributed by atoms with Gasteiger partial charge in [-0.3, -0.25) is 4.98 Å². The predicted octanol–water partition coefficient (Wildman–Crippen LogP) is 3.08. The van der Waals surface area contributed by atoms with Crippen molar-refractivity contribution in [2.24, 2.45) is 0 Å². The van der Waals surface area contributed by atoms with Crippen LogP contribution in [0.15, 0.2) is 42.7 Å². The monoisotopic (exact) mass is 256 g/mol. The van der Waals surface area contributed by atoms with Crippen LogP contribution in [0.25, 0.3) is 0 Å². The summed E-state index contributed by atoms with van der Waals surface area (Å²) in [7, 11) is 0. The van der Waals surface area contributed by atoms with Crippen LogP contribution in [-0.2, 0) is 13.1 Å². The molecule has 0 unspecified atom stereocenters. The molecule has 0 aliphatic heterocycles. The fourth-order valence-electron chi connectivity index (χ4n) is 1.98. The molecule has 2 rings (SSSR count). The number of hydrogen-bond donors (Lipinski definition) is 1. The number of aromatic nitrogens is 1. The molecule has 0 bridgehead atoms. The minimum atomic E-state index is 0.695. The van der Waals surface area contributed by atoms with Crippen LogP contribution < -0.4 is 10.1 Å². The molecule has 100 valence electrons. The molecule has 0 aliphatic rings. The third kappa shape index (κ3) is 3.80. The second-order valence-electron chi connectivity index (χ2n) is 4.45. The van der Waals surface area contributed by atoms with Crippen LogP contribution in [0.2, 0.25) is 0 Å². The minimum Gasteiger partial charge on any atom is -0.494 e. The summed E-state index contributed by atoms with van der Waals surface area (Å²) in [4.78, 5) is 4.10. The van der Waals surface area contributed by atoms with E-state index in [2.05, 4.69) is 29.4 Å². The van der Waals surface area contributed by atoms with Gasteiger partial charge in [-0.15, -0.1) is 0 Å². The van der Waals surface area contributed by atoms with E-state index >= 15 is 0 Å². The number of nitrogens with zero attached hydrogens (tertiary/aromatic N) is 1. The molecular formula is C16H20N2O. The molecule has 1 N–H and O–H groups in total. The van der Waals surface area contributed by atoms with Crippen LogP contribution in [0, 0.1) is 6.92 Å². The first-order chi connectivity index (χ1) is 9.31. The normalized spacial score (nSPS) is 10.4. The summed E-state index contributed by atoms with van der Waals surface area (Å²) in [5.41, 5.74) is 3.69. The molecule has 0 radical (unpaired) electrons. The van der Waals surface area contributed by atoms with Crippen molar-refractivity contribution >= 4 is 0 Å². The minimum absolute atomic E-state index is 0.695. The zero-order chi connectivity index (χ0) is 13.5. The third-order valence-electron chi connectivity index (χ3n) is 3.04. The standard InChI is InChI=1S/C16H20N2O/c1-3-19-16-7-5-4-6-15(16)12-18-11-14-8-9-17-10-13(14)2/h4-10,18H,3,11-12H2,1-2H3. The van der Waals surface area contributed by atoms with Crippen molar-refractivity contribution in [2.45, 2.75) is 26.9 Å². The van der Waals surface area contributed by atoms with E-state index in [0.29, 0.717) is 6.61 Å². The van der Waals surface area contributed by atoms with Crippen molar-refractivity contribution in [1.29, 1.82) is 0 Å². The quantitative estimate of drug-likeness (QED) is 0.862. The molecular weight excluding hydrogens is 236 g/mol. The lowest BCUT2D eigenvalue weighted by Gasteiger charge is -2.11. The molecule has 0 spiro atoms. The largest absolute Gasteiger partial charge is 0.494 e. The van der Waals surface area contributed by atoms with Gasteiger partial charge in [-0.25, -0.2) is 0 Å². The Bertz CT molecular complexity index is 526. The molecule has 0 aliphatic carbocycles. The lowest BCUT2D eigenvalue weighted by Crippen LogP contribution is -2.14. The van der Waals surface area contributed by atoms with Crippen molar-refractivity contribution in [1.82, 2.24) is 10.3 Å². The summed E-state index contributed by atoms with van der Waals surface area (Å²) in [5.74, 6) is 0.962. The van der Waals surface area contributed by atoms with Crippen LogP contribution in [-0.4, -0.2) is 11.6 Å². The van der Waals surface area contributed by atoms with Crippen molar-refractivity contribution in [2.75, 3.05) is 6.61 Å². The first-order valence-electron chi connectivity index (χ1n) is 6.62. The van der Waals surface area contributed by atoms with Crippen molar-refractivity contribution in [3.05, 3.63) is 59.4 Å². The van der Waals surface area contributed by atoms with Gasteiger partial charge in [-0.1, -0.05) is 18.2 Å². The number of rotatable bonds is 6. The fraction of sp³-hybridized carbons (Fsp3) is 0.312. The second kappa shape index (κ2) is 6.90. The lowest BCUT2D eigenvalue weighted by molar-refractivity contribution is 0.335. The number of pyridine rings is 1. The third-order valence-corrected chi connectivity index (χ3v) is 3.04. The molecule has 3 nitrogen and oxygen atoms in total. The van der Waals surface area contributed by atoms with Gasteiger partial charge in [0.15, 0.2) is 0 Å². The second-order valence-corrected chi connectivity index (χ2v) is 4.45. The highest BCUT2D eigenvalue weighted by molar-refractivity contribution is 5.33. The number of benzene rings is 1. The van der Waals surface area contributed by atoms with E-state index in [9.17, 15) is 0 Å². The molecule has 1 aromatic carbocycles. The highest BCUT2D eigenvalue weighted by Gasteiger charge is 2.02. The lowest BCUT2D eigenvalue weighted by atomic mass is 10.1. The van der Waals surface area contributed by atoms with E-state index in [1.165, 1.54) is 16.7 Å². The van der Waals surface area contributed by atoms with Crippen molar-refractivity contribution in [3.63, 3.8) is 0 Å². The van der Waals surface area contributed by atoms with E-state index in [0.717, 1.165) is 18.8 Å². The van der Waals surface area contributed by atoms with Gasteiger partial charge in [-0.05, 0) is 37.1 Å². The molecule has 0 saturated carbocycles. The van der Waals surface area contributed by atoms with Gasteiger partial charge >= 0.3 is 0 Å². The number of hydrogen-bond acceptors (Lipinski definition) is 3. The first-order valence-corrected chi connectivity index (χ1v) is 6.62. The summed E-state index contributed by atoms with van der Waals surface area (Å²) in [5, 5.41) is 3.45. The maximum absolute atomic E-state index is 5.61. The Morgan fingerprint density at radius 3 is 2.68 bits per heavy atom.